The fourth-order valence-corrected chi connectivity index (χ4v) is 5.51. The Hall–Kier alpha value is -2.28. The van der Waals surface area contributed by atoms with Gasteiger partial charge in [-0.2, -0.15) is 0 Å². The van der Waals surface area contributed by atoms with Gasteiger partial charge in [-0.1, -0.05) is 32.9 Å². The van der Waals surface area contributed by atoms with Gasteiger partial charge in [-0.05, 0) is 52.0 Å². The predicted molar refractivity (Wildman–Crippen MR) is 126 cm³/mol. The summed E-state index contributed by atoms with van der Waals surface area (Å²) in [6.45, 7) is 14.0. The number of carbonyl (C=O) groups is 4. The monoisotopic (exact) mass is 474 g/mol. The largest absolute Gasteiger partial charge is 0.458 e. The van der Waals surface area contributed by atoms with Crippen LogP contribution in [-0.2, 0) is 33.4 Å². The van der Waals surface area contributed by atoms with Crippen LogP contribution in [0.5, 0.6) is 0 Å². The highest BCUT2D eigenvalue weighted by Crippen LogP contribution is 2.57. The molecule has 7 heteroatoms. The maximum Gasteiger partial charge on any atom is 0.333 e. The van der Waals surface area contributed by atoms with E-state index in [9.17, 15) is 19.2 Å². The Kier molecular flexibility index (Phi) is 7.02. The van der Waals surface area contributed by atoms with Crippen molar-refractivity contribution in [2.75, 3.05) is 0 Å². The summed E-state index contributed by atoms with van der Waals surface area (Å²) in [7, 11) is 0. The van der Waals surface area contributed by atoms with E-state index in [1.54, 1.807) is 32.9 Å². The highest BCUT2D eigenvalue weighted by Gasteiger charge is 2.71. The van der Waals surface area contributed by atoms with Crippen LogP contribution < -0.4 is 0 Å². The Bertz CT molecular complexity index is 958. The van der Waals surface area contributed by atoms with Gasteiger partial charge in [0.1, 0.15) is 11.9 Å². The molecule has 0 aromatic carbocycles. The Balaban J connectivity index is 2.15. The quantitative estimate of drug-likeness (QED) is 0.342. The standard InChI is InChI=1S/C27H38O7/c1-9-15(2)24(31)32-21-17(4)14-27(33-18(5)28)20(21)23-26(8,34-23)13-11-19(29)25(6,7)12-10-16(3)22(27)30/h9-10,17,20-21,23H,11-14H2,1-8H3/b15-9+,16-10+/t17-,20+,21-,23-,26-,27+/m0/s1. The third kappa shape index (κ3) is 4.64. The van der Waals surface area contributed by atoms with Gasteiger partial charge < -0.3 is 14.2 Å². The average molecular weight is 475 g/mol. The molecule has 6 atom stereocenters. The van der Waals surface area contributed by atoms with E-state index >= 15 is 0 Å². The van der Waals surface area contributed by atoms with Gasteiger partial charge in [0.15, 0.2) is 5.60 Å². The Morgan fingerprint density at radius 2 is 1.82 bits per heavy atom. The molecule has 2 fully saturated rings. The minimum atomic E-state index is -1.50. The summed E-state index contributed by atoms with van der Waals surface area (Å²) in [4.78, 5) is 52.0. The van der Waals surface area contributed by atoms with Crippen LogP contribution in [0.2, 0.25) is 0 Å². The molecule has 0 bridgehead atoms. The Morgan fingerprint density at radius 3 is 2.41 bits per heavy atom. The van der Waals surface area contributed by atoms with Crippen LogP contribution in [0.3, 0.4) is 0 Å². The first kappa shape index (κ1) is 26.3. The molecule has 0 unspecified atom stereocenters. The van der Waals surface area contributed by atoms with Crippen molar-refractivity contribution in [2.45, 2.75) is 104 Å². The molecule has 0 aromatic heterocycles. The van der Waals surface area contributed by atoms with E-state index in [2.05, 4.69) is 0 Å². The molecule has 7 nitrogen and oxygen atoms in total. The van der Waals surface area contributed by atoms with Gasteiger partial charge in [0.05, 0.1) is 17.6 Å². The molecule has 0 N–H and O–H groups in total. The van der Waals surface area contributed by atoms with Crippen LogP contribution in [0, 0.1) is 17.3 Å². The number of carbonyl (C=O) groups excluding carboxylic acids is 4. The van der Waals surface area contributed by atoms with E-state index in [1.165, 1.54) is 6.92 Å². The van der Waals surface area contributed by atoms with Crippen molar-refractivity contribution in [1.29, 1.82) is 0 Å². The van der Waals surface area contributed by atoms with Gasteiger partial charge in [0.25, 0.3) is 0 Å². The summed E-state index contributed by atoms with van der Waals surface area (Å²) in [6.07, 6.45) is 3.72. The van der Waals surface area contributed by atoms with Gasteiger partial charge in [-0.25, -0.2) is 4.79 Å². The molecule has 0 aromatic rings. The lowest BCUT2D eigenvalue weighted by molar-refractivity contribution is -0.173. The van der Waals surface area contributed by atoms with Gasteiger partial charge in [-0.15, -0.1) is 0 Å². The second kappa shape index (κ2) is 9.06. The number of ketones is 2. The SMILES string of the molecule is C/C=C(\C)C(=O)O[C@@H]1[C@@H]2[C@@H]3O[C@@]3(C)CCC(=O)C(C)(C)C/C=C(\C)C(=O)[C@@]2(OC(C)=O)C[C@@H]1C. The van der Waals surface area contributed by atoms with Crippen LogP contribution in [0.1, 0.15) is 81.1 Å². The van der Waals surface area contributed by atoms with Crippen molar-refractivity contribution in [2.24, 2.45) is 17.3 Å². The average Bonchev–Trinajstić information content (AvgIpc) is 3.34. The van der Waals surface area contributed by atoms with Gasteiger partial charge in [0, 0.05) is 30.8 Å². The fourth-order valence-electron chi connectivity index (χ4n) is 5.51. The molecule has 1 saturated heterocycles. The zero-order chi connectivity index (χ0) is 25.6. The third-order valence-corrected chi connectivity index (χ3v) is 7.93. The Morgan fingerprint density at radius 1 is 1.18 bits per heavy atom. The summed E-state index contributed by atoms with van der Waals surface area (Å²) in [5.41, 5.74) is -1.92. The number of allylic oxidation sites excluding steroid dienone is 2. The number of epoxide rings is 1. The highest BCUT2D eigenvalue weighted by molar-refractivity contribution is 6.03. The van der Waals surface area contributed by atoms with E-state index in [-0.39, 0.29) is 23.9 Å². The number of ether oxygens (including phenoxy) is 3. The number of esters is 2. The molecule has 1 saturated carbocycles. The third-order valence-electron chi connectivity index (χ3n) is 7.93. The second-order valence-corrected chi connectivity index (χ2v) is 11.1. The summed E-state index contributed by atoms with van der Waals surface area (Å²) < 4.78 is 18.0. The summed E-state index contributed by atoms with van der Waals surface area (Å²) in [5.74, 6) is -2.17. The second-order valence-electron chi connectivity index (χ2n) is 11.1. The van der Waals surface area contributed by atoms with E-state index in [0.717, 1.165) is 0 Å². The molecule has 0 spiro atoms. The van der Waals surface area contributed by atoms with Gasteiger partial charge >= 0.3 is 11.9 Å². The molecule has 3 aliphatic rings. The fraction of sp³-hybridized carbons (Fsp3) is 0.704. The van der Waals surface area contributed by atoms with E-state index < -0.39 is 46.7 Å². The van der Waals surface area contributed by atoms with Crippen LogP contribution in [0.4, 0.5) is 0 Å². The first-order chi connectivity index (χ1) is 15.7. The smallest absolute Gasteiger partial charge is 0.333 e. The molecule has 0 radical (unpaired) electrons. The van der Waals surface area contributed by atoms with Crippen molar-refractivity contribution in [3.05, 3.63) is 23.3 Å². The minimum absolute atomic E-state index is 0.109. The number of hydrogen-bond acceptors (Lipinski definition) is 7. The summed E-state index contributed by atoms with van der Waals surface area (Å²) in [5, 5.41) is 0. The zero-order valence-electron chi connectivity index (χ0n) is 21.7. The van der Waals surface area contributed by atoms with Crippen molar-refractivity contribution in [3.63, 3.8) is 0 Å². The first-order valence-corrected chi connectivity index (χ1v) is 12.1. The van der Waals surface area contributed by atoms with Gasteiger partial charge in [-0.3, -0.25) is 14.4 Å². The maximum atomic E-state index is 14.0. The molecule has 2 aliphatic carbocycles. The summed E-state index contributed by atoms with van der Waals surface area (Å²) >= 11 is 0. The van der Waals surface area contributed by atoms with Crippen LogP contribution in [0.15, 0.2) is 23.3 Å². The molecular weight excluding hydrogens is 436 g/mol. The molecule has 3 rings (SSSR count). The molecular formula is C27H38O7. The number of hydrogen-bond donors (Lipinski definition) is 0. The van der Waals surface area contributed by atoms with E-state index in [0.29, 0.717) is 30.4 Å². The normalized spacial score (nSPS) is 39.5. The molecule has 188 valence electrons. The predicted octanol–water partition coefficient (Wildman–Crippen LogP) is 4.27. The maximum absolute atomic E-state index is 14.0. The number of rotatable bonds is 3. The van der Waals surface area contributed by atoms with Gasteiger partial charge in [0.2, 0.25) is 5.78 Å². The van der Waals surface area contributed by atoms with Crippen LogP contribution in [-0.4, -0.2) is 46.9 Å². The molecule has 0 amide bonds. The zero-order valence-corrected chi connectivity index (χ0v) is 21.7. The highest BCUT2D eigenvalue weighted by atomic mass is 16.6. The van der Waals surface area contributed by atoms with E-state index in [1.807, 2.05) is 27.7 Å². The number of fused-ring (bicyclic) bond motifs is 3. The summed E-state index contributed by atoms with van der Waals surface area (Å²) in [6, 6.07) is 0. The lowest BCUT2D eigenvalue weighted by atomic mass is 9.74. The van der Waals surface area contributed by atoms with Crippen molar-refractivity contribution < 1.29 is 33.4 Å². The first-order valence-electron chi connectivity index (χ1n) is 12.1. The van der Waals surface area contributed by atoms with Crippen molar-refractivity contribution in [1.82, 2.24) is 0 Å². The van der Waals surface area contributed by atoms with E-state index in [4.69, 9.17) is 14.2 Å². The lowest BCUT2D eigenvalue weighted by Crippen LogP contribution is -2.52. The van der Waals surface area contributed by atoms with Crippen molar-refractivity contribution >= 4 is 23.5 Å². The van der Waals surface area contributed by atoms with Crippen molar-refractivity contribution in [3.8, 4) is 0 Å². The molecule has 1 aliphatic heterocycles. The van der Waals surface area contributed by atoms with Crippen LogP contribution >= 0.6 is 0 Å². The minimum Gasteiger partial charge on any atom is -0.458 e. The molecule has 1 heterocycles. The number of Topliss-reactive ketones (excluding diaryl/α,β-unsaturated/α-hetero) is 2. The Labute approximate surface area is 202 Å². The topological polar surface area (TPSA) is 99.3 Å². The van der Waals surface area contributed by atoms with Crippen LogP contribution in [0.25, 0.3) is 0 Å². The molecule has 34 heavy (non-hydrogen) atoms. The lowest BCUT2D eigenvalue weighted by Gasteiger charge is -2.35.